The number of methoxy groups -OCH3 is 1. The number of nitrogens with zero attached hydrogens (tertiary/aromatic N) is 3. The Balaban J connectivity index is 1.45. The van der Waals surface area contributed by atoms with Crippen LogP contribution < -0.4 is 19.7 Å². The van der Waals surface area contributed by atoms with E-state index in [4.69, 9.17) is 9.47 Å². The van der Waals surface area contributed by atoms with Gasteiger partial charge in [0.2, 0.25) is 15.9 Å². The van der Waals surface area contributed by atoms with Crippen LogP contribution in [0.15, 0.2) is 48.7 Å². The second-order valence-corrected chi connectivity index (χ2v) is 9.86. The lowest BCUT2D eigenvalue weighted by atomic mass is 10.2. The van der Waals surface area contributed by atoms with Crippen molar-refractivity contribution in [1.82, 2.24) is 14.6 Å². The lowest BCUT2D eigenvalue weighted by molar-refractivity contribution is -0.116. The quantitative estimate of drug-likeness (QED) is 0.484. The third-order valence-corrected chi connectivity index (χ3v) is 7.21. The summed E-state index contributed by atoms with van der Waals surface area (Å²) in [5, 5.41) is 2.64. The Bertz CT molecular complexity index is 1070. The van der Waals surface area contributed by atoms with Crippen LogP contribution >= 0.6 is 0 Å². The molecule has 1 amide bonds. The molecular formula is C24H32N4O5S. The number of aromatic nitrogens is 1. The minimum Gasteiger partial charge on any atom is -0.493 e. The van der Waals surface area contributed by atoms with E-state index in [-0.39, 0.29) is 18.2 Å². The van der Waals surface area contributed by atoms with Gasteiger partial charge < -0.3 is 19.7 Å². The van der Waals surface area contributed by atoms with Gasteiger partial charge >= 0.3 is 0 Å². The summed E-state index contributed by atoms with van der Waals surface area (Å²) in [6.45, 7) is 4.61. The number of pyridine rings is 1. The first-order valence-electron chi connectivity index (χ1n) is 11.3. The fourth-order valence-corrected chi connectivity index (χ4v) is 4.86. The molecule has 1 N–H and O–H groups in total. The summed E-state index contributed by atoms with van der Waals surface area (Å²) in [7, 11) is -1.89. The number of anilines is 1. The highest BCUT2D eigenvalue weighted by molar-refractivity contribution is 7.89. The predicted octanol–water partition coefficient (Wildman–Crippen LogP) is 2.16. The lowest BCUT2D eigenvalue weighted by Gasteiger charge is -2.34. The smallest absolute Gasteiger partial charge is 0.244 e. The molecule has 2 aromatic rings. The molecule has 0 spiro atoms. The van der Waals surface area contributed by atoms with E-state index in [9.17, 15) is 13.2 Å². The third kappa shape index (κ3) is 7.19. The molecule has 1 saturated heterocycles. The second-order valence-electron chi connectivity index (χ2n) is 7.77. The van der Waals surface area contributed by atoms with Gasteiger partial charge in [-0.25, -0.2) is 13.4 Å². The summed E-state index contributed by atoms with van der Waals surface area (Å²) in [6, 6.07) is 11.1. The van der Waals surface area contributed by atoms with Crippen molar-refractivity contribution in [3.63, 3.8) is 0 Å². The zero-order valence-corrected chi connectivity index (χ0v) is 20.5. The molecule has 1 aliphatic heterocycles. The summed E-state index contributed by atoms with van der Waals surface area (Å²) < 4.78 is 37.8. The van der Waals surface area contributed by atoms with E-state index in [1.54, 1.807) is 31.5 Å². The van der Waals surface area contributed by atoms with Crippen LogP contribution in [0.4, 0.5) is 5.82 Å². The van der Waals surface area contributed by atoms with Gasteiger partial charge in [0.15, 0.2) is 11.5 Å². The largest absolute Gasteiger partial charge is 0.493 e. The molecule has 1 aliphatic rings. The van der Waals surface area contributed by atoms with Crippen molar-refractivity contribution in [3.05, 3.63) is 54.2 Å². The van der Waals surface area contributed by atoms with Gasteiger partial charge in [0, 0.05) is 45.0 Å². The number of carbonyl (C=O) groups excluding carboxylic acids is 1. The summed E-state index contributed by atoms with van der Waals surface area (Å²) in [6.07, 6.45) is 5.64. The molecule has 0 atom stereocenters. The van der Waals surface area contributed by atoms with Gasteiger partial charge in [0.1, 0.15) is 5.82 Å². The average molecular weight is 489 g/mol. The normalized spacial score (nSPS) is 14.8. The summed E-state index contributed by atoms with van der Waals surface area (Å²) in [5.74, 6) is 1.58. The zero-order valence-electron chi connectivity index (χ0n) is 19.6. The van der Waals surface area contributed by atoms with Crippen molar-refractivity contribution in [2.24, 2.45) is 0 Å². The number of sulfonamides is 1. The Labute approximate surface area is 201 Å². The van der Waals surface area contributed by atoms with E-state index in [0.29, 0.717) is 44.3 Å². The number of piperazine rings is 1. The SMILES string of the molecule is CCCOc1ccc(/C=C/C(=O)NCCS(=O)(=O)N2CCN(c3ccccn3)CC2)cc1OC. The van der Waals surface area contributed by atoms with Crippen LogP contribution in [-0.2, 0) is 14.8 Å². The van der Waals surface area contributed by atoms with Gasteiger partial charge in [-0.15, -0.1) is 0 Å². The first-order valence-corrected chi connectivity index (χ1v) is 12.9. The number of carbonyl (C=O) groups is 1. The molecule has 0 saturated carbocycles. The van der Waals surface area contributed by atoms with Crippen molar-refractivity contribution in [2.45, 2.75) is 13.3 Å². The molecular weight excluding hydrogens is 456 g/mol. The standard InChI is InChI=1S/C24H32N4O5S/c1-3-17-33-21-9-7-20(19-22(21)32-2)8-10-24(29)26-12-18-34(30,31)28-15-13-27(14-16-28)23-6-4-5-11-25-23/h4-11,19H,3,12-18H2,1-2H3,(H,26,29)/b10-8+. The van der Waals surface area contributed by atoms with E-state index < -0.39 is 10.0 Å². The molecule has 184 valence electrons. The van der Waals surface area contributed by atoms with E-state index in [1.807, 2.05) is 31.2 Å². The predicted molar refractivity (Wildman–Crippen MR) is 133 cm³/mol. The number of ether oxygens (including phenoxy) is 2. The highest BCUT2D eigenvalue weighted by Crippen LogP contribution is 2.28. The first-order chi connectivity index (χ1) is 16.4. The minimum absolute atomic E-state index is 0.0408. The fraction of sp³-hybridized carbons (Fsp3) is 0.417. The van der Waals surface area contributed by atoms with Crippen LogP contribution in [0.5, 0.6) is 11.5 Å². The van der Waals surface area contributed by atoms with Crippen molar-refractivity contribution >= 4 is 27.8 Å². The number of rotatable bonds is 11. The molecule has 1 aromatic carbocycles. The van der Waals surface area contributed by atoms with E-state index in [2.05, 4.69) is 15.2 Å². The Morgan fingerprint density at radius 3 is 2.62 bits per heavy atom. The van der Waals surface area contributed by atoms with Gasteiger partial charge in [0.25, 0.3) is 0 Å². The molecule has 10 heteroatoms. The number of hydrogen-bond donors (Lipinski definition) is 1. The van der Waals surface area contributed by atoms with Crippen molar-refractivity contribution in [3.8, 4) is 11.5 Å². The summed E-state index contributed by atoms with van der Waals surface area (Å²) in [5.41, 5.74) is 0.772. The molecule has 1 aromatic heterocycles. The molecule has 9 nitrogen and oxygen atoms in total. The Morgan fingerprint density at radius 1 is 1.15 bits per heavy atom. The van der Waals surface area contributed by atoms with Crippen LogP contribution in [0, 0.1) is 0 Å². The average Bonchev–Trinajstić information content (AvgIpc) is 2.87. The maximum absolute atomic E-state index is 12.7. The van der Waals surface area contributed by atoms with Gasteiger partial charge in [-0.3, -0.25) is 4.79 Å². The third-order valence-electron chi connectivity index (χ3n) is 5.34. The van der Waals surface area contributed by atoms with Crippen molar-refractivity contribution in [1.29, 1.82) is 0 Å². The van der Waals surface area contributed by atoms with Crippen LogP contribution in [-0.4, -0.2) is 75.8 Å². The number of benzene rings is 1. The molecule has 2 heterocycles. The summed E-state index contributed by atoms with van der Waals surface area (Å²) in [4.78, 5) is 18.5. The molecule has 34 heavy (non-hydrogen) atoms. The number of amides is 1. The zero-order chi connectivity index (χ0) is 24.4. The van der Waals surface area contributed by atoms with Gasteiger partial charge in [-0.2, -0.15) is 4.31 Å². The topological polar surface area (TPSA) is 101 Å². The van der Waals surface area contributed by atoms with Crippen molar-refractivity contribution < 1.29 is 22.7 Å². The monoisotopic (exact) mass is 488 g/mol. The fourth-order valence-electron chi connectivity index (χ4n) is 3.52. The van der Waals surface area contributed by atoms with E-state index in [0.717, 1.165) is 17.8 Å². The van der Waals surface area contributed by atoms with E-state index >= 15 is 0 Å². The molecule has 0 radical (unpaired) electrons. The van der Waals surface area contributed by atoms with E-state index in [1.165, 1.54) is 10.4 Å². The van der Waals surface area contributed by atoms with Crippen molar-refractivity contribution in [2.75, 3.05) is 57.1 Å². The van der Waals surface area contributed by atoms with Crippen LogP contribution in [0.2, 0.25) is 0 Å². The summed E-state index contributed by atoms with van der Waals surface area (Å²) >= 11 is 0. The molecule has 3 rings (SSSR count). The van der Waals surface area contributed by atoms with Gasteiger partial charge in [-0.05, 0) is 42.3 Å². The number of nitrogens with one attached hydrogen (secondary N) is 1. The Kier molecular flexibility index (Phi) is 9.29. The second kappa shape index (κ2) is 12.4. The Hall–Kier alpha value is -3.11. The Morgan fingerprint density at radius 2 is 1.94 bits per heavy atom. The lowest BCUT2D eigenvalue weighted by Crippen LogP contribution is -2.50. The van der Waals surface area contributed by atoms with Crippen LogP contribution in [0.25, 0.3) is 6.08 Å². The molecule has 0 aliphatic carbocycles. The number of hydrogen-bond acceptors (Lipinski definition) is 7. The van der Waals surface area contributed by atoms with Gasteiger partial charge in [0.05, 0.1) is 19.5 Å². The van der Waals surface area contributed by atoms with Crippen LogP contribution in [0.3, 0.4) is 0 Å². The first kappa shape index (κ1) is 25.5. The minimum atomic E-state index is -3.46. The molecule has 0 unspecified atom stereocenters. The maximum Gasteiger partial charge on any atom is 0.244 e. The molecule has 1 fully saturated rings. The highest BCUT2D eigenvalue weighted by Gasteiger charge is 2.27. The highest BCUT2D eigenvalue weighted by atomic mass is 32.2. The van der Waals surface area contributed by atoms with Gasteiger partial charge in [-0.1, -0.05) is 19.1 Å². The molecule has 0 bridgehead atoms. The maximum atomic E-state index is 12.7. The van der Waals surface area contributed by atoms with Crippen LogP contribution in [0.1, 0.15) is 18.9 Å².